The van der Waals surface area contributed by atoms with Crippen molar-refractivity contribution in [3.63, 3.8) is 0 Å². The highest BCUT2D eigenvalue weighted by Crippen LogP contribution is 2.57. The van der Waals surface area contributed by atoms with Gasteiger partial charge in [-0.2, -0.15) is 0 Å². The van der Waals surface area contributed by atoms with Gasteiger partial charge in [0.1, 0.15) is 0 Å². The average molecular weight is 710 g/mol. The van der Waals surface area contributed by atoms with Gasteiger partial charge in [0, 0.05) is 36.3 Å². The molecule has 6 nitrogen and oxygen atoms in total. The fraction of sp³-hybridized carbons (Fsp3) is 0.0612. The Kier molecular flexibility index (Phi) is 7.52. The van der Waals surface area contributed by atoms with Crippen LogP contribution < -0.4 is 5.69 Å². The summed E-state index contributed by atoms with van der Waals surface area (Å²) in [6.45, 7) is 0. The number of para-hydroxylation sites is 1. The molecule has 0 saturated heterocycles. The molecule has 9 aromatic rings. The van der Waals surface area contributed by atoms with Gasteiger partial charge in [-0.1, -0.05) is 158 Å². The van der Waals surface area contributed by atoms with E-state index in [1.165, 1.54) is 5.56 Å². The highest BCUT2D eigenvalue weighted by molar-refractivity contribution is 5.95. The Balaban J connectivity index is 1.25. The molecule has 10 rings (SSSR count). The minimum atomic E-state index is -0.673. The molecule has 0 spiro atoms. The molecule has 1 aliphatic rings. The van der Waals surface area contributed by atoms with Gasteiger partial charge in [-0.3, -0.25) is 9.13 Å². The Morgan fingerprint density at radius 3 is 1.40 bits per heavy atom. The maximum Gasteiger partial charge on any atom is 0.328 e. The fourth-order valence-corrected chi connectivity index (χ4v) is 8.54. The number of rotatable bonds is 6. The van der Waals surface area contributed by atoms with Crippen molar-refractivity contribution in [1.82, 2.24) is 24.1 Å². The van der Waals surface area contributed by atoms with Crippen LogP contribution in [0.4, 0.5) is 0 Å². The van der Waals surface area contributed by atoms with Crippen molar-refractivity contribution >= 4 is 11.0 Å². The van der Waals surface area contributed by atoms with Gasteiger partial charge >= 0.3 is 5.69 Å². The maximum atomic E-state index is 13.1. The Labute approximate surface area is 318 Å². The van der Waals surface area contributed by atoms with Crippen LogP contribution in [-0.2, 0) is 19.5 Å². The summed E-state index contributed by atoms with van der Waals surface area (Å²) in [5, 5.41) is 0. The lowest BCUT2D eigenvalue weighted by Gasteiger charge is -2.34. The maximum absolute atomic E-state index is 13.1. The second-order valence-electron chi connectivity index (χ2n) is 14.1. The molecule has 1 aliphatic carbocycles. The molecular weight excluding hydrogens is 675 g/mol. The first kappa shape index (κ1) is 32.5. The van der Waals surface area contributed by atoms with Gasteiger partial charge in [-0.05, 0) is 57.1 Å². The molecule has 2 aromatic heterocycles. The molecule has 0 bridgehead atoms. The van der Waals surface area contributed by atoms with E-state index in [-0.39, 0.29) is 5.69 Å². The van der Waals surface area contributed by atoms with Crippen molar-refractivity contribution in [1.29, 1.82) is 0 Å². The standard InChI is InChI=1S/C49H35N5O/c1-53-43-25-15-24-38(44(43)54(2)48(53)55)34-26-28-39-40-29-27-35(47-51-45(32-16-7-3-8-17-32)50-46(52-47)33-18-9-4-10-19-33)31-42(40)49(41(39)30-34,36-20-11-5-12-21-36)37-22-13-6-14-23-37/h3-31H,1-2H3. The molecule has 0 aliphatic heterocycles. The van der Waals surface area contributed by atoms with E-state index in [0.717, 1.165) is 66.7 Å². The normalized spacial score (nSPS) is 12.8. The van der Waals surface area contributed by atoms with Crippen LogP contribution in [-0.4, -0.2) is 24.1 Å². The Bertz CT molecular complexity index is 2860. The van der Waals surface area contributed by atoms with Gasteiger partial charge in [0.2, 0.25) is 0 Å². The first-order valence-corrected chi connectivity index (χ1v) is 18.4. The van der Waals surface area contributed by atoms with E-state index in [0.29, 0.717) is 17.5 Å². The number of nitrogens with zero attached hydrogens (tertiary/aromatic N) is 5. The van der Waals surface area contributed by atoms with Gasteiger partial charge in [0.05, 0.1) is 16.4 Å². The third kappa shape index (κ3) is 5.02. The summed E-state index contributed by atoms with van der Waals surface area (Å²) in [5.74, 6) is 1.86. The lowest BCUT2D eigenvalue weighted by molar-refractivity contribution is 0.769. The molecule has 2 heterocycles. The third-order valence-corrected chi connectivity index (χ3v) is 11.1. The van der Waals surface area contributed by atoms with Crippen molar-refractivity contribution in [3.8, 4) is 56.4 Å². The van der Waals surface area contributed by atoms with E-state index in [1.54, 1.807) is 9.13 Å². The van der Waals surface area contributed by atoms with E-state index >= 15 is 0 Å². The SMILES string of the molecule is Cn1c(=O)n(C)c2c(-c3ccc4c(c3)C(c3ccccc3)(c3ccccc3)c3cc(-c5nc(-c6ccccc6)nc(-c6ccccc6)n5)ccc3-4)cccc21. The molecular formula is C49H35N5O. The minimum absolute atomic E-state index is 0.0457. The van der Waals surface area contributed by atoms with Crippen LogP contribution >= 0.6 is 0 Å². The highest BCUT2D eigenvalue weighted by atomic mass is 16.1. The second-order valence-corrected chi connectivity index (χ2v) is 14.1. The van der Waals surface area contributed by atoms with E-state index in [2.05, 4.69) is 103 Å². The van der Waals surface area contributed by atoms with E-state index in [4.69, 9.17) is 15.0 Å². The van der Waals surface area contributed by atoms with Crippen molar-refractivity contribution in [2.45, 2.75) is 5.41 Å². The molecule has 0 atom stereocenters. The number of aryl methyl sites for hydroxylation is 2. The van der Waals surface area contributed by atoms with Crippen LogP contribution in [0.5, 0.6) is 0 Å². The van der Waals surface area contributed by atoms with E-state index in [1.807, 2.05) is 86.9 Å². The molecule has 55 heavy (non-hydrogen) atoms. The highest BCUT2D eigenvalue weighted by Gasteiger charge is 2.46. The largest absolute Gasteiger partial charge is 0.328 e. The van der Waals surface area contributed by atoms with Gasteiger partial charge in [-0.25, -0.2) is 19.7 Å². The van der Waals surface area contributed by atoms with E-state index < -0.39 is 5.41 Å². The van der Waals surface area contributed by atoms with Crippen LogP contribution in [0.15, 0.2) is 181 Å². The molecule has 7 aromatic carbocycles. The van der Waals surface area contributed by atoms with E-state index in [9.17, 15) is 4.79 Å². The van der Waals surface area contributed by atoms with Crippen LogP contribution in [0.1, 0.15) is 22.3 Å². The number of fused-ring (bicyclic) bond motifs is 4. The van der Waals surface area contributed by atoms with Gasteiger partial charge in [0.25, 0.3) is 0 Å². The smallest absolute Gasteiger partial charge is 0.295 e. The Morgan fingerprint density at radius 1 is 0.418 bits per heavy atom. The molecule has 0 amide bonds. The quantitative estimate of drug-likeness (QED) is 0.172. The summed E-state index contributed by atoms with van der Waals surface area (Å²) in [4.78, 5) is 28.3. The number of benzene rings is 7. The zero-order valence-electron chi connectivity index (χ0n) is 30.4. The van der Waals surface area contributed by atoms with Crippen LogP contribution in [0.2, 0.25) is 0 Å². The topological polar surface area (TPSA) is 65.6 Å². The molecule has 262 valence electrons. The zero-order valence-corrected chi connectivity index (χ0v) is 30.4. The number of hydrogen-bond acceptors (Lipinski definition) is 4. The monoisotopic (exact) mass is 709 g/mol. The van der Waals surface area contributed by atoms with Crippen LogP contribution in [0.3, 0.4) is 0 Å². The Morgan fingerprint density at radius 2 is 0.873 bits per heavy atom. The lowest BCUT2D eigenvalue weighted by atomic mass is 9.67. The molecule has 0 N–H and O–H groups in total. The fourth-order valence-electron chi connectivity index (χ4n) is 8.54. The number of aromatic nitrogens is 5. The minimum Gasteiger partial charge on any atom is -0.295 e. The number of hydrogen-bond donors (Lipinski definition) is 0. The summed E-state index contributed by atoms with van der Waals surface area (Å²) in [7, 11) is 3.68. The molecule has 0 saturated carbocycles. The zero-order chi connectivity index (χ0) is 37.1. The summed E-state index contributed by atoms with van der Waals surface area (Å²) in [6.07, 6.45) is 0. The second kappa shape index (κ2) is 12.7. The first-order chi connectivity index (χ1) is 27.0. The predicted molar refractivity (Wildman–Crippen MR) is 221 cm³/mol. The van der Waals surface area contributed by atoms with Crippen LogP contribution in [0, 0.1) is 0 Å². The van der Waals surface area contributed by atoms with Gasteiger partial charge < -0.3 is 0 Å². The first-order valence-electron chi connectivity index (χ1n) is 18.4. The third-order valence-electron chi connectivity index (χ3n) is 11.1. The molecule has 0 radical (unpaired) electrons. The molecule has 0 fully saturated rings. The number of imidazole rings is 1. The van der Waals surface area contributed by atoms with Gasteiger partial charge in [0.15, 0.2) is 17.5 Å². The van der Waals surface area contributed by atoms with Crippen molar-refractivity contribution in [2.24, 2.45) is 14.1 Å². The van der Waals surface area contributed by atoms with Crippen molar-refractivity contribution < 1.29 is 0 Å². The lowest BCUT2D eigenvalue weighted by Crippen LogP contribution is -2.28. The average Bonchev–Trinajstić information content (AvgIpc) is 3.68. The van der Waals surface area contributed by atoms with Crippen molar-refractivity contribution in [3.05, 3.63) is 209 Å². The summed E-state index contributed by atoms with van der Waals surface area (Å²) >= 11 is 0. The molecule has 6 heteroatoms. The van der Waals surface area contributed by atoms with Crippen LogP contribution in [0.25, 0.3) is 67.5 Å². The van der Waals surface area contributed by atoms with Crippen molar-refractivity contribution in [2.75, 3.05) is 0 Å². The summed E-state index contributed by atoms with van der Waals surface area (Å²) < 4.78 is 3.47. The summed E-state index contributed by atoms with van der Waals surface area (Å²) in [6, 6.07) is 61.3. The van der Waals surface area contributed by atoms with Gasteiger partial charge in [-0.15, -0.1) is 0 Å². The Hall–Kier alpha value is -7.18. The molecule has 0 unspecified atom stereocenters. The predicted octanol–water partition coefficient (Wildman–Crippen LogP) is 10.1. The summed E-state index contributed by atoms with van der Waals surface area (Å²) in [5.41, 5.74) is 12.9.